The number of nitrogens with zero attached hydrogens (tertiary/aromatic N) is 1. The molecule has 0 aromatic heterocycles. The number of hydrogen-bond acceptors (Lipinski definition) is 4. The quantitative estimate of drug-likeness (QED) is 0.749. The first kappa shape index (κ1) is 12.2. The first-order valence-corrected chi connectivity index (χ1v) is 6.41. The molecule has 19 heavy (non-hydrogen) atoms. The highest BCUT2D eigenvalue weighted by Gasteiger charge is 2.33. The summed E-state index contributed by atoms with van der Waals surface area (Å²) < 4.78 is 10.5. The van der Waals surface area contributed by atoms with Crippen LogP contribution in [0.25, 0.3) is 0 Å². The van der Waals surface area contributed by atoms with Gasteiger partial charge in [0.15, 0.2) is 0 Å². The fraction of sp³-hybridized carbons (Fsp3) is 0.429. The number of morpholine rings is 1. The van der Waals surface area contributed by atoms with Crippen LogP contribution in [0.2, 0.25) is 0 Å². The Morgan fingerprint density at radius 1 is 1.26 bits per heavy atom. The van der Waals surface area contributed by atoms with Crippen LogP contribution in [-0.2, 0) is 14.3 Å². The minimum Gasteiger partial charge on any atom is -0.453 e. The van der Waals surface area contributed by atoms with Crippen molar-refractivity contribution in [3.8, 4) is 0 Å². The average Bonchev–Trinajstić information content (AvgIpc) is 2.77. The predicted octanol–water partition coefficient (Wildman–Crippen LogP) is 1.15. The van der Waals surface area contributed by atoms with Gasteiger partial charge in [0.1, 0.15) is 6.10 Å². The highest BCUT2D eigenvalue weighted by Crippen LogP contribution is 2.33. The largest absolute Gasteiger partial charge is 0.453 e. The van der Waals surface area contributed by atoms with Crippen LogP contribution >= 0.6 is 0 Å². The molecule has 5 heteroatoms. The van der Waals surface area contributed by atoms with Gasteiger partial charge in [-0.15, -0.1) is 0 Å². The Labute approximate surface area is 111 Å². The third-order valence-corrected chi connectivity index (χ3v) is 3.50. The number of esters is 1. The average molecular weight is 261 g/mol. The summed E-state index contributed by atoms with van der Waals surface area (Å²) in [5.74, 6) is -0.326. The SMILES string of the molecule is O=C1OC(CC(=O)N2CCOCC2)c2ccccc21. The number of fused-ring (bicyclic) bond motifs is 1. The van der Waals surface area contributed by atoms with Gasteiger partial charge in [-0.25, -0.2) is 4.79 Å². The van der Waals surface area contributed by atoms with E-state index in [-0.39, 0.29) is 18.3 Å². The smallest absolute Gasteiger partial charge is 0.339 e. The van der Waals surface area contributed by atoms with Crippen LogP contribution in [0.5, 0.6) is 0 Å². The highest BCUT2D eigenvalue weighted by atomic mass is 16.5. The summed E-state index contributed by atoms with van der Waals surface area (Å²) >= 11 is 0. The zero-order chi connectivity index (χ0) is 13.2. The molecule has 0 spiro atoms. The number of carbonyl (C=O) groups is 2. The Kier molecular flexibility index (Phi) is 3.21. The summed E-state index contributed by atoms with van der Waals surface area (Å²) in [6.07, 6.45) is -0.234. The maximum absolute atomic E-state index is 12.1. The molecule has 3 rings (SSSR count). The zero-order valence-electron chi connectivity index (χ0n) is 10.5. The molecule has 1 fully saturated rings. The van der Waals surface area contributed by atoms with Gasteiger partial charge in [0.25, 0.3) is 0 Å². The van der Waals surface area contributed by atoms with E-state index < -0.39 is 6.10 Å². The van der Waals surface area contributed by atoms with Crippen LogP contribution in [0.4, 0.5) is 0 Å². The van der Waals surface area contributed by atoms with Crippen molar-refractivity contribution in [3.05, 3.63) is 35.4 Å². The van der Waals surface area contributed by atoms with Gasteiger partial charge in [-0.2, -0.15) is 0 Å². The summed E-state index contributed by atoms with van der Waals surface area (Å²) in [5.41, 5.74) is 1.39. The molecule has 2 aliphatic heterocycles. The lowest BCUT2D eigenvalue weighted by atomic mass is 10.0. The number of amides is 1. The van der Waals surface area contributed by atoms with Gasteiger partial charge in [-0.1, -0.05) is 18.2 Å². The van der Waals surface area contributed by atoms with Crippen LogP contribution in [0.15, 0.2) is 24.3 Å². The number of cyclic esters (lactones) is 1. The van der Waals surface area contributed by atoms with Crippen LogP contribution < -0.4 is 0 Å². The number of hydrogen-bond donors (Lipinski definition) is 0. The molecule has 1 saturated heterocycles. The minimum absolute atomic E-state index is 0.0119. The lowest BCUT2D eigenvalue weighted by molar-refractivity contribution is -0.137. The summed E-state index contributed by atoms with van der Waals surface area (Å²) in [5, 5.41) is 0. The van der Waals surface area contributed by atoms with Gasteiger partial charge in [0, 0.05) is 18.7 Å². The molecule has 2 heterocycles. The lowest BCUT2D eigenvalue weighted by Crippen LogP contribution is -2.41. The zero-order valence-corrected chi connectivity index (χ0v) is 10.5. The van der Waals surface area contributed by atoms with Crippen molar-refractivity contribution in [3.63, 3.8) is 0 Å². The molecule has 1 atom stereocenters. The van der Waals surface area contributed by atoms with Crippen molar-refractivity contribution < 1.29 is 19.1 Å². The Bertz CT molecular complexity index is 508. The van der Waals surface area contributed by atoms with Gasteiger partial charge in [0.2, 0.25) is 5.91 Å². The van der Waals surface area contributed by atoms with E-state index in [1.165, 1.54) is 0 Å². The molecule has 1 amide bonds. The van der Waals surface area contributed by atoms with E-state index in [0.717, 1.165) is 5.56 Å². The van der Waals surface area contributed by atoms with E-state index in [1.54, 1.807) is 17.0 Å². The van der Waals surface area contributed by atoms with Crippen LogP contribution in [0, 0.1) is 0 Å². The molecule has 0 radical (unpaired) electrons. The fourth-order valence-corrected chi connectivity index (χ4v) is 2.47. The second-order valence-electron chi connectivity index (χ2n) is 4.68. The molecule has 1 aromatic rings. The number of rotatable bonds is 2. The minimum atomic E-state index is -0.445. The third kappa shape index (κ3) is 2.33. The summed E-state index contributed by atoms with van der Waals surface area (Å²) in [7, 11) is 0. The Morgan fingerprint density at radius 3 is 2.79 bits per heavy atom. The standard InChI is InChI=1S/C14H15NO4/c16-13(15-5-7-18-8-6-15)9-12-10-3-1-2-4-11(10)14(17)19-12/h1-4,12H,5-9H2. The molecule has 0 bridgehead atoms. The molecule has 1 aromatic carbocycles. The van der Waals surface area contributed by atoms with Gasteiger partial charge < -0.3 is 14.4 Å². The summed E-state index contributed by atoms with van der Waals surface area (Å²) in [6, 6.07) is 7.23. The van der Waals surface area contributed by atoms with Crippen molar-refractivity contribution in [1.82, 2.24) is 4.90 Å². The molecular weight excluding hydrogens is 246 g/mol. The van der Waals surface area contributed by atoms with Crippen LogP contribution in [0.3, 0.4) is 0 Å². The predicted molar refractivity (Wildman–Crippen MR) is 66.6 cm³/mol. The van der Waals surface area contributed by atoms with Crippen molar-refractivity contribution in [2.24, 2.45) is 0 Å². The molecule has 100 valence electrons. The number of ether oxygens (including phenoxy) is 2. The van der Waals surface area contributed by atoms with Gasteiger partial charge >= 0.3 is 5.97 Å². The van der Waals surface area contributed by atoms with Crippen molar-refractivity contribution >= 4 is 11.9 Å². The Balaban J connectivity index is 1.71. The van der Waals surface area contributed by atoms with Gasteiger partial charge in [-0.05, 0) is 6.07 Å². The van der Waals surface area contributed by atoms with E-state index in [4.69, 9.17) is 9.47 Å². The molecule has 0 N–H and O–H groups in total. The van der Waals surface area contributed by atoms with Crippen molar-refractivity contribution in [2.45, 2.75) is 12.5 Å². The van der Waals surface area contributed by atoms with E-state index in [0.29, 0.717) is 31.9 Å². The monoisotopic (exact) mass is 261 g/mol. The molecule has 0 aliphatic carbocycles. The summed E-state index contributed by atoms with van der Waals surface area (Å²) in [6.45, 7) is 2.38. The molecule has 1 unspecified atom stereocenters. The van der Waals surface area contributed by atoms with Crippen LogP contribution in [0.1, 0.15) is 28.4 Å². The molecule has 2 aliphatic rings. The topological polar surface area (TPSA) is 55.8 Å². The number of benzene rings is 1. The third-order valence-electron chi connectivity index (χ3n) is 3.50. The Morgan fingerprint density at radius 2 is 2.00 bits per heavy atom. The molecule has 0 saturated carbocycles. The van der Waals surface area contributed by atoms with E-state index >= 15 is 0 Å². The molecule has 5 nitrogen and oxygen atoms in total. The maximum Gasteiger partial charge on any atom is 0.339 e. The van der Waals surface area contributed by atoms with Gasteiger partial charge in [0.05, 0.1) is 25.2 Å². The van der Waals surface area contributed by atoms with Crippen molar-refractivity contribution in [1.29, 1.82) is 0 Å². The normalized spacial score (nSPS) is 22.0. The second kappa shape index (κ2) is 5.01. The van der Waals surface area contributed by atoms with Crippen LogP contribution in [-0.4, -0.2) is 43.1 Å². The number of carbonyl (C=O) groups excluding carboxylic acids is 2. The summed E-state index contributed by atoms with van der Waals surface area (Å²) in [4.78, 5) is 25.6. The fourth-order valence-electron chi connectivity index (χ4n) is 2.47. The first-order valence-electron chi connectivity index (χ1n) is 6.41. The Hall–Kier alpha value is -1.88. The highest BCUT2D eigenvalue weighted by molar-refractivity contribution is 5.94. The molecular formula is C14H15NO4. The maximum atomic E-state index is 12.1. The first-order chi connectivity index (χ1) is 9.25. The van der Waals surface area contributed by atoms with E-state index in [1.807, 2.05) is 12.1 Å². The second-order valence-corrected chi connectivity index (χ2v) is 4.68. The van der Waals surface area contributed by atoms with Crippen molar-refractivity contribution in [2.75, 3.05) is 26.3 Å². The van der Waals surface area contributed by atoms with E-state index in [9.17, 15) is 9.59 Å². The lowest BCUT2D eigenvalue weighted by Gasteiger charge is -2.27. The van der Waals surface area contributed by atoms with E-state index in [2.05, 4.69) is 0 Å². The van der Waals surface area contributed by atoms with Gasteiger partial charge in [-0.3, -0.25) is 4.79 Å².